The summed E-state index contributed by atoms with van der Waals surface area (Å²) in [6.45, 7) is 0. The third-order valence-corrected chi connectivity index (χ3v) is 6.32. The van der Waals surface area contributed by atoms with Crippen molar-refractivity contribution in [1.82, 2.24) is 0 Å². The van der Waals surface area contributed by atoms with Gasteiger partial charge in [0.15, 0.2) is 0 Å². The molecular formula is C14H12InO. The maximum absolute atomic E-state index is 5.56. The van der Waals surface area contributed by atoms with Crippen molar-refractivity contribution in [3.05, 3.63) is 42.4 Å². The van der Waals surface area contributed by atoms with E-state index in [9.17, 15) is 0 Å². The van der Waals surface area contributed by atoms with E-state index in [4.69, 9.17) is 4.42 Å². The van der Waals surface area contributed by atoms with Crippen molar-refractivity contribution in [1.29, 1.82) is 0 Å². The second kappa shape index (κ2) is 3.25. The Bertz CT molecular complexity index is 509. The van der Waals surface area contributed by atoms with Gasteiger partial charge in [0.25, 0.3) is 0 Å². The van der Waals surface area contributed by atoms with Crippen LogP contribution in [0.1, 0.15) is 12.2 Å². The Morgan fingerprint density at radius 1 is 1.25 bits per heavy atom. The average molecular weight is 311 g/mol. The Hall–Kier alpha value is -0.500. The number of rotatable bonds is 1. The van der Waals surface area contributed by atoms with Crippen LogP contribution in [0.15, 0.2) is 41.0 Å². The van der Waals surface area contributed by atoms with Crippen LogP contribution < -0.4 is 0 Å². The molecule has 4 atom stereocenters. The van der Waals surface area contributed by atoms with Gasteiger partial charge in [0.05, 0.1) is 0 Å². The van der Waals surface area contributed by atoms with E-state index in [1.807, 2.05) is 6.07 Å². The fourth-order valence-electron chi connectivity index (χ4n) is 3.65. The summed E-state index contributed by atoms with van der Waals surface area (Å²) in [5, 5.41) is 0. The van der Waals surface area contributed by atoms with Gasteiger partial charge in [0, 0.05) is 0 Å². The van der Waals surface area contributed by atoms with Crippen LogP contribution in [0.2, 0.25) is 0 Å². The average Bonchev–Trinajstić information content (AvgIpc) is 2.97. The Kier molecular flexibility index (Phi) is 1.94. The molecule has 77 valence electrons. The van der Waals surface area contributed by atoms with Crippen molar-refractivity contribution in [3.8, 4) is 0 Å². The van der Waals surface area contributed by atoms with Crippen LogP contribution in [-0.2, 0) is 0 Å². The van der Waals surface area contributed by atoms with Gasteiger partial charge in [-0.2, -0.15) is 0 Å². The van der Waals surface area contributed by atoms with Crippen molar-refractivity contribution in [2.45, 2.75) is 6.42 Å². The van der Waals surface area contributed by atoms with E-state index < -0.39 is 0 Å². The molecule has 0 N–H and O–H groups in total. The van der Waals surface area contributed by atoms with E-state index in [1.165, 1.54) is 35.9 Å². The molecule has 0 aliphatic heterocycles. The summed E-state index contributed by atoms with van der Waals surface area (Å²) >= 11 is 1.24. The van der Waals surface area contributed by atoms with E-state index >= 15 is 0 Å². The van der Waals surface area contributed by atoms with Crippen LogP contribution >= 0.6 is 0 Å². The predicted octanol–water partition coefficient (Wildman–Crippen LogP) is 2.46. The van der Waals surface area contributed by atoms with Crippen LogP contribution in [-0.4, -0.2) is 27.1 Å². The number of hydrogen-bond acceptors (Lipinski definition) is 1. The Labute approximate surface area is 109 Å². The molecule has 1 radical (unpaired) electrons. The van der Waals surface area contributed by atoms with Gasteiger partial charge >= 0.3 is 110 Å². The Morgan fingerprint density at radius 3 is 2.88 bits per heavy atom. The van der Waals surface area contributed by atoms with E-state index in [0.717, 1.165) is 29.4 Å². The molecule has 1 fully saturated rings. The van der Waals surface area contributed by atoms with E-state index in [-0.39, 0.29) is 0 Å². The molecule has 1 heterocycles. The summed E-state index contributed by atoms with van der Waals surface area (Å²) in [6.07, 6.45) is 10.5. The summed E-state index contributed by atoms with van der Waals surface area (Å²) in [7, 11) is 0. The molecule has 1 nitrogen and oxygen atoms in total. The normalized spacial score (nSPS) is 39.2. The predicted molar refractivity (Wildman–Crippen MR) is 65.2 cm³/mol. The van der Waals surface area contributed by atoms with Gasteiger partial charge in [-0.05, 0) is 0 Å². The molecule has 3 aliphatic rings. The molecular weight excluding hydrogens is 299 g/mol. The van der Waals surface area contributed by atoms with Crippen molar-refractivity contribution in [2.75, 3.05) is 0 Å². The second-order valence-electron chi connectivity index (χ2n) is 5.06. The van der Waals surface area contributed by atoms with Crippen molar-refractivity contribution in [2.24, 2.45) is 23.7 Å². The first-order valence-corrected chi connectivity index (χ1v) is 7.56. The molecule has 4 rings (SSSR count). The summed E-state index contributed by atoms with van der Waals surface area (Å²) in [4.78, 5) is 0. The monoisotopic (exact) mass is 311 g/mol. The first kappa shape index (κ1) is 9.52. The molecule has 0 aromatic carbocycles. The van der Waals surface area contributed by atoms with Crippen LogP contribution in [0.5, 0.6) is 0 Å². The zero-order valence-electron chi connectivity index (χ0n) is 8.97. The molecule has 4 unspecified atom stereocenters. The topological polar surface area (TPSA) is 13.1 Å². The molecule has 1 aromatic heterocycles. The molecule has 2 bridgehead atoms. The fraction of sp³-hybridized carbons (Fsp3) is 0.357. The quantitative estimate of drug-likeness (QED) is 0.726. The third kappa shape index (κ3) is 1.11. The summed E-state index contributed by atoms with van der Waals surface area (Å²) in [6, 6.07) is 4.09. The Morgan fingerprint density at radius 2 is 2.12 bits per heavy atom. The number of furan rings is 1. The maximum atomic E-state index is 5.56. The number of fused-ring (bicyclic) bond motifs is 5. The Balaban J connectivity index is 1.78. The van der Waals surface area contributed by atoms with E-state index in [1.54, 1.807) is 9.52 Å². The molecule has 0 spiro atoms. The fourth-order valence-corrected chi connectivity index (χ4v) is 5.67. The standard InChI is InChI=1S/C14H12O.In/c1-2-14(15-5-1)11-7-12-9-3-4-10(6-9)13(12)8-11;/h1-5,7,9-10,12-13H,6H2;. The molecule has 2 heteroatoms. The molecule has 1 aromatic rings. The molecule has 3 aliphatic carbocycles. The van der Waals surface area contributed by atoms with Gasteiger partial charge in [0.2, 0.25) is 0 Å². The van der Waals surface area contributed by atoms with Gasteiger partial charge in [-0.15, -0.1) is 0 Å². The first-order valence-electron chi connectivity index (χ1n) is 5.91. The molecule has 16 heavy (non-hydrogen) atoms. The first-order chi connectivity index (χ1) is 7.84. The van der Waals surface area contributed by atoms with Gasteiger partial charge < -0.3 is 0 Å². The zero-order chi connectivity index (χ0) is 10.7. The summed E-state index contributed by atoms with van der Waals surface area (Å²) in [5.74, 6) is 4.31. The SMILES string of the molecule is [In]=[C]1C(c2ccco2)=CC2C3C=CC(C3)C12. The van der Waals surface area contributed by atoms with Crippen molar-refractivity contribution in [3.63, 3.8) is 0 Å². The summed E-state index contributed by atoms with van der Waals surface area (Å²) < 4.78 is 7.22. The minimum absolute atomic E-state index is 0.778. The van der Waals surface area contributed by atoms with Gasteiger partial charge in [0.1, 0.15) is 0 Å². The van der Waals surface area contributed by atoms with Crippen molar-refractivity contribution >= 4 is 32.7 Å². The van der Waals surface area contributed by atoms with Crippen LogP contribution in [0, 0.1) is 23.7 Å². The van der Waals surface area contributed by atoms with Gasteiger partial charge in [-0.25, -0.2) is 0 Å². The zero-order valence-corrected chi connectivity index (χ0v) is 12.3. The number of allylic oxidation sites excluding steroid dienone is 4. The van der Waals surface area contributed by atoms with Crippen molar-refractivity contribution < 1.29 is 4.42 Å². The minimum atomic E-state index is 0.778. The summed E-state index contributed by atoms with van der Waals surface area (Å²) in [5.41, 5.74) is 1.42. The van der Waals surface area contributed by atoms with E-state index in [0.29, 0.717) is 0 Å². The molecule has 0 saturated heterocycles. The van der Waals surface area contributed by atoms with Crippen LogP contribution in [0.4, 0.5) is 0 Å². The van der Waals surface area contributed by atoms with E-state index in [2.05, 4.69) is 24.3 Å². The molecule has 0 amide bonds. The van der Waals surface area contributed by atoms with Crippen LogP contribution in [0.25, 0.3) is 5.57 Å². The van der Waals surface area contributed by atoms with Gasteiger partial charge in [-0.3, -0.25) is 0 Å². The van der Waals surface area contributed by atoms with Crippen LogP contribution in [0.3, 0.4) is 0 Å². The molecule has 1 saturated carbocycles. The number of hydrogen-bond donors (Lipinski definition) is 0. The third-order valence-electron chi connectivity index (χ3n) is 4.34. The van der Waals surface area contributed by atoms with Gasteiger partial charge in [-0.1, -0.05) is 0 Å². The second-order valence-corrected chi connectivity index (χ2v) is 6.84.